The molecule has 0 aliphatic rings. The molecule has 106 valence electrons. The van der Waals surface area contributed by atoms with Crippen LogP contribution in [-0.2, 0) is 22.5 Å². The van der Waals surface area contributed by atoms with Gasteiger partial charge in [-0.3, -0.25) is 4.79 Å². The van der Waals surface area contributed by atoms with Gasteiger partial charge in [0.15, 0.2) is 5.69 Å². The summed E-state index contributed by atoms with van der Waals surface area (Å²) in [7, 11) is 1.28. The van der Waals surface area contributed by atoms with Gasteiger partial charge in [-0.25, -0.2) is 9.48 Å². The Balaban J connectivity index is 2.88. The van der Waals surface area contributed by atoms with E-state index in [0.717, 1.165) is 0 Å². The van der Waals surface area contributed by atoms with Crippen molar-refractivity contribution in [3.05, 3.63) is 11.4 Å². The third-order valence-corrected chi connectivity index (χ3v) is 2.36. The number of nitrogens with one attached hydrogen (secondary N) is 1. The first-order valence-corrected chi connectivity index (χ1v) is 6.10. The minimum absolute atomic E-state index is 0.0322. The molecule has 1 N–H and O–H groups in total. The molecule has 0 saturated heterocycles. The fraction of sp³-hybridized carbons (Fsp3) is 0.667. The zero-order valence-electron chi connectivity index (χ0n) is 12.0. The number of carbonyl (C=O) groups is 2. The zero-order chi connectivity index (χ0) is 14.6. The number of rotatable bonds is 4. The fourth-order valence-corrected chi connectivity index (χ4v) is 1.66. The maximum atomic E-state index is 11.8. The van der Waals surface area contributed by atoms with E-state index >= 15 is 0 Å². The van der Waals surface area contributed by atoms with Crippen LogP contribution in [0.3, 0.4) is 0 Å². The largest absolute Gasteiger partial charge is 0.464 e. The molecule has 1 rings (SSSR count). The molecule has 7 nitrogen and oxygen atoms in total. The molecule has 1 heterocycles. The molecule has 1 amide bonds. The molecule has 1 aromatic rings. The van der Waals surface area contributed by atoms with E-state index in [1.165, 1.54) is 11.8 Å². The first-order chi connectivity index (χ1) is 8.78. The van der Waals surface area contributed by atoms with Gasteiger partial charge in [-0.1, -0.05) is 12.1 Å². The summed E-state index contributed by atoms with van der Waals surface area (Å²) in [5, 5.41) is 10.4. The Kier molecular flexibility index (Phi) is 4.63. The normalized spacial score (nSPS) is 11.2. The summed E-state index contributed by atoms with van der Waals surface area (Å²) in [6.45, 7) is 7.58. The van der Waals surface area contributed by atoms with E-state index in [9.17, 15) is 9.59 Å². The highest BCUT2D eigenvalue weighted by Gasteiger charge is 2.21. The number of esters is 1. The van der Waals surface area contributed by atoms with Crippen molar-refractivity contribution in [2.45, 2.75) is 46.2 Å². The van der Waals surface area contributed by atoms with Crippen LogP contribution in [0.2, 0.25) is 0 Å². The Hall–Kier alpha value is -1.92. The van der Waals surface area contributed by atoms with Crippen molar-refractivity contribution in [1.82, 2.24) is 20.3 Å². The Bertz CT molecular complexity index is 474. The van der Waals surface area contributed by atoms with Crippen LogP contribution in [0.15, 0.2) is 0 Å². The van der Waals surface area contributed by atoms with Gasteiger partial charge >= 0.3 is 5.97 Å². The van der Waals surface area contributed by atoms with Crippen molar-refractivity contribution in [2.24, 2.45) is 0 Å². The molecule has 0 saturated carbocycles. The van der Waals surface area contributed by atoms with Crippen LogP contribution in [0.5, 0.6) is 0 Å². The first kappa shape index (κ1) is 15.1. The molecule has 0 bridgehead atoms. The van der Waals surface area contributed by atoms with Gasteiger partial charge in [0.2, 0.25) is 5.91 Å². The average Bonchev–Trinajstić information content (AvgIpc) is 2.68. The maximum Gasteiger partial charge on any atom is 0.360 e. The van der Waals surface area contributed by atoms with E-state index < -0.39 is 5.97 Å². The Morgan fingerprint density at radius 1 is 1.37 bits per heavy atom. The number of carbonyl (C=O) groups excluding carboxylic acids is 2. The van der Waals surface area contributed by atoms with E-state index in [0.29, 0.717) is 12.1 Å². The van der Waals surface area contributed by atoms with Crippen LogP contribution in [0.4, 0.5) is 0 Å². The summed E-state index contributed by atoms with van der Waals surface area (Å²) in [6, 6.07) is 0. The maximum absolute atomic E-state index is 11.8. The van der Waals surface area contributed by atoms with Crippen LogP contribution in [0.1, 0.15) is 43.9 Å². The Morgan fingerprint density at radius 3 is 2.47 bits per heavy atom. The summed E-state index contributed by atoms with van der Waals surface area (Å²) < 4.78 is 6.05. The van der Waals surface area contributed by atoms with Gasteiger partial charge in [0.05, 0.1) is 12.8 Å². The summed E-state index contributed by atoms with van der Waals surface area (Å²) in [6.07, 6.45) is 0.542. The highest BCUT2D eigenvalue weighted by molar-refractivity contribution is 5.88. The Labute approximate surface area is 112 Å². The monoisotopic (exact) mass is 268 g/mol. The smallest absolute Gasteiger partial charge is 0.360 e. The molecule has 0 spiro atoms. The second kappa shape index (κ2) is 5.81. The number of nitrogens with zero attached hydrogens (tertiary/aromatic N) is 3. The molecule has 0 atom stereocenters. The van der Waals surface area contributed by atoms with E-state index in [2.05, 4.69) is 20.4 Å². The number of amides is 1. The van der Waals surface area contributed by atoms with Crippen LogP contribution in [0.25, 0.3) is 0 Å². The summed E-state index contributed by atoms with van der Waals surface area (Å²) in [4.78, 5) is 23.3. The molecule has 0 fully saturated rings. The third-order valence-electron chi connectivity index (χ3n) is 2.36. The van der Waals surface area contributed by atoms with Gasteiger partial charge in [0.25, 0.3) is 0 Å². The zero-order valence-corrected chi connectivity index (χ0v) is 12.0. The number of aromatic nitrogens is 3. The summed E-state index contributed by atoms with van der Waals surface area (Å²) >= 11 is 0. The summed E-state index contributed by atoms with van der Waals surface area (Å²) in [5.74, 6) is -0.720. The van der Waals surface area contributed by atoms with Gasteiger partial charge in [0.1, 0.15) is 6.54 Å². The Morgan fingerprint density at radius 2 is 2.00 bits per heavy atom. The molecule has 19 heavy (non-hydrogen) atoms. The van der Waals surface area contributed by atoms with Crippen molar-refractivity contribution in [3.63, 3.8) is 0 Å². The van der Waals surface area contributed by atoms with E-state index in [1.807, 2.05) is 27.7 Å². The number of hydrogen-bond acceptors (Lipinski definition) is 5. The predicted octanol–water partition coefficient (Wildman–Crippen LogP) is 0.542. The van der Waals surface area contributed by atoms with Crippen molar-refractivity contribution >= 4 is 11.9 Å². The number of methoxy groups -OCH3 is 1. The molecule has 0 aliphatic heterocycles. The van der Waals surface area contributed by atoms with Gasteiger partial charge < -0.3 is 10.1 Å². The van der Waals surface area contributed by atoms with Crippen molar-refractivity contribution in [1.29, 1.82) is 0 Å². The van der Waals surface area contributed by atoms with Gasteiger partial charge in [0, 0.05) is 5.54 Å². The molecule has 7 heteroatoms. The molecule has 0 radical (unpaired) electrons. The lowest BCUT2D eigenvalue weighted by molar-refractivity contribution is -0.123. The average molecular weight is 268 g/mol. The highest BCUT2D eigenvalue weighted by Crippen LogP contribution is 2.08. The van der Waals surface area contributed by atoms with Crippen LogP contribution >= 0.6 is 0 Å². The quantitative estimate of drug-likeness (QED) is 0.805. The SMILES string of the molecule is CCc1c(C(=O)OC)nnn1CC(=O)NC(C)(C)C. The number of ether oxygens (including phenoxy) is 1. The third kappa shape index (κ3) is 4.04. The fourth-order valence-electron chi connectivity index (χ4n) is 1.66. The van der Waals surface area contributed by atoms with Crippen LogP contribution in [-0.4, -0.2) is 39.5 Å². The topological polar surface area (TPSA) is 86.1 Å². The standard InChI is InChI=1S/C12H20N4O3/c1-6-8-10(11(18)19-5)14-15-16(8)7-9(17)13-12(2,3)4/h6-7H2,1-5H3,(H,13,17). The second-order valence-electron chi connectivity index (χ2n) is 5.19. The molecular weight excluding hydrogens is 248 g/mol. The minimum Gasteiger partial charge on any atom is -0.464 e. The van der Waals surface area contributed by atoms with E-state index in [-0.39, 0.29) is 23.7 Å². The lowest BCUT2D eigenvalue weighted by Gasteiger charge is -2.20. The van der Waals surface area contributed by atoms with E-state index in [4.69, 9.17) is 0 Å². The van der Waals surface area contributed by atoms with Gasteiger partial charge in [-0.15, -0.1) is 5.10 Å². The van der Waals surface area contributed by atoms with Crippen molar-refractivity contribution in [3.8, 4) is 0 Å². The van der Waals surface area contributed by atoms with Crippen LogP contribution < -0.4 is 5.32 Å². The van der Waals surface area contributed by atoms with Crippen molar-refractivity contribution in [2.75, 3.05) is 7.11 Å². The van der Waals surface area contributed by atoms with Crippen molar-refractivity contribution < 1.29 is 14.3 Å². The van der Waals surface area contributed by atoms with Gasteiger partial charge in [-0.2, -0.15) is 0 Å². The van der Waals surface area contributed by atoms with E-state index in [1.54, 1.807) is 0 Å². The first-order valence-electron chi connectivity index (χ1n) is 6.10. The predicted molar refractivity (Wildman–Crippen MR) is 68.6 cm³/mol. The summed E-state index contributed by atoms with van der Waals surface area (Å²) in [5.41, 5.74) is 0.444. The number of hydrogen-bond donors (Lipinski definition) is 1. The highest BCUT2D eigenvalue weighted by atomic mass is 16.5. The molecule has 0 unspecified atom stereocenters. The molecule has 0 aromatic carbocycles. The van der Waals surface area contributed by atoms with Gasteiger partial charge in [-0.05, 0) is 27.2 Å². The molecular formula is C12H20N4O3. The molecule has 0 aliphatic carbocycles. The lowest BCUT2D eigenvalue weighted by Crippen LogP contribution is -2.42. The minimum atomic E-state index is -0.542. The molecule has 1 aromatic heterocycles. The van der Waals surface area contributed by atoms with Crippen LogP contribution in [0, 0.1) is 0 Å². The second-order valence-corrected chi connectivity index (χ2v) is 5.19. The lowest BCUT2D eigenvalue weighted by atomic mass is 10.1.